The highest BCUT2D eigenvalue weighted by atomic mass is 19.1. The third-order valence-corrected chi connectivity index (χ3v) is 3.31. The number of hydrogen-bond donors (Lipinski definition) is 1. The average Bonchev–Trinajstić information content (AvgIpc) is 2.38. The second-order valence-electron chi connectivity index (χ2n) is 5.20. The molecule has 0 aliphatic carbocycles. The van der Waals surface area contributed by atoms with E-state index >= 15 is 0 Å². The number of aryl methyl sites for hydroxylation is 3. The van der Waals surface area contributed by atoms with Crippen molar-refractivity contribution in [2.75, 3.05) is 6.54 Å². The maximum atomic E-state index is 14.2. The third-order valence-electron chi connectivity index (χ3n) is 3.31. The van der Waals surface area contributed by atoms with E-state index in [-0.39, 0.29) is 11.9 Å². The van der Waals surface area contributed by atoms with Crippen LogP contribution < -0.4 is 5.32 Å². The van der Waals surface area contributed by atoms with Crippen LogP contribution in [0.25, 0.3) is 0 Å². The highest BCUT2D eigenvalue weighted by Gasteiger charge is 2.18. The second-order valence-corrected chi connectivity index (χ2v) is 5.20. The van der Waals surface area contributed by atoms with Crippen LogP contribution in [0.2, 0.25) is 0 Å². The number of hydrogen-bond acceptors (Lipinski definition) is 2. The first-order chi connectivity index (χ1) is 9.51. The molecule has 3 heteroatoms. The molecule has 0 aliphatic rings. The molecule has 20 heavy (non-hydrogen) atoms. The van der Waals surface area contributed by atoms with Gasteiger partial charge in [0.25, 0.3) is 0 Å². The number of pyridine rings is 1. The van der Waals surface area contributed by atoms with Crippen molar-refractivity contribution in [2.24, 2.45) is 0 Å². The van der Waals surface area contributed by atoms with E-state index < -0.39 is 0 Å². The van der Waals surface area contributed by atoms with Crippen molar-refractivity contribution in [2.45, 2.75) is 33.7 Å². The van der Waals surface area contributed by atoms with Gasteiger partial charge in [-0.2, -0.15) is 0 Å². The Hall–Kier alpha value is -1.74. The summed E-state index contributed by atoms with van der Waals surface area (Å²) < 4.78 is 14.2. The molecule has 0 aliphatic heterocycles. The molecule has 0 saturated carbocycles. The fourth-order valence-corrected chi connectivity index (χ4v) is 2.53. The lowest BCUT2D eigenvalue weighted by atomic mass is 9.96. The first-order valence-electron chi connectivity index (χ1n) is 6.96. The summed E-state index contributed by atoms with van der Waals surface area (Å²) >= 11 is 0. The highest BCUT2D eigenvalue weighted by molar-refractivity contribution is 5.36. The van der Waals surface area contributed by atoms with Crippen molar-refractivity contribution in [1.82, 2.24) is 10.3 Å². The van der Waals surface area contributed by atoms with Crippen LogP contribution in [0.15, 0.2) is 30.3 Å². The lowest BCUT2D eigenvalue weighted by molar-refractivity contribution is 0.557. The summed E-state index contributed by atoms with van der Waals surface area (Å²) in [7, 11) is 0. The zero-order chi connectivity index (χ0) is 14.7. The van der Waals surface area contributed by atoms with Crippen molar-refractivity contribution in [3.63, 3.8) is 0 Å². The van der Waals surface area contributed by atoms with Gasteiger partial charge in [0.2, 0.25) is 0 Å². The minimum atomic E-state index is -0.173. The van der Waals surface area contributed by atoms with E-state index in [0.717, 1.165) is 29.1 Å². The van der Waals surface area contributed by atoms with Gasteiger partial charge in [-0.15, -0.1) is 0 Å². The molecule has 1 atom stereocenters. The smallest absolute Gasteiger partial charge is 0.128 e. The number of benzene rings is 1. The minimum absolute atomic E-state index is 0.139. The molecule has 0 bridgehead atoms. The summed E-state index contributed by atoms with van der Waals surface area (Å²) in [4.78, 5) is 4.39. The van der Waals surface area contributed by atoms with Crippen molar-refractivity contribution in [1.29, 1.82) is 0 Å². The summed E-state index contributed by atoms with van der Waals surface area (Å²) in [5.74, 6) is -0.173. The van der Waals surface area contributed by atoms with Crippen LogP contribution in [0, 0.1) is 26.6 Å². The standard InChI is InChI=1S/C17H21FN2/c1-5-19-17(14-9-12(3)20-13(4)10-14)15-8-11(2)6-7-16(15)18/h6-10,17,19H,5H2,1-4H3. The summed E-state index contributed by atoms with van der Waals surface area (Å²) in [5.41, 5.74) is 4.72. The Kier molecular flexibility index (Phi) is 4.50. The van der Waals surface area contributed by atoms with Gasteiger partial charge in [-0.25, -0.2) is 4.39 Å². The second kappa shape index (κ2) is 6.14. The van der Waals surface area contributed by atoms with E-state index in [2.05, 4.69) is 10.3 Å². The van der Waals surface area contributed by atoms with Gasteiger partial charge in [-0.3, -0.25) is 4.98 Å². The van der Waals surface area contributed by atoms with Gasteiger partial charge in [0.15, 0.2) is 0 Å². The molecule has 1 N–H and O–H groups in total. The van der Waals surface area contributed by atoms with Gasteiger partial charge in [0, 0.05) is 17.0 Å². The molecule has 0 saturated heterocycles. The number of nitrogens with one attached hydrogen (secondary N) is 1. The topological polar surface area (TPSA) is 24.9 Å². The van der Waals surface area contributed by atoms with Gasteiger partial charge < -0.3 is 5.32 Å². The number of nitrogens with zero attached hydrogens (tertiary/aromatic N) is 1. The summed E-state index contributed by atoms with van der Waals surface area (Å²) in [6.07, 6.45) is 0. The monoisotopic (exact) mass is 272 g/mol. The molecule has 1 aromatic heterocycles. The van der Waals surface area contributed by atoms with Gasteiger partial charge in [-0.1, -0.05) is 24.6 Å². The lowest BCUT2D eigenvalue weighted by Gasteiger charge is -2.21. The third kappa shape index (κ3) is 3.23. The van der Waals surface area contributed by atoms with Crippen LogP contribution >= 0.6 is 0 Å². The van der Waals surface area contributed by atoms with E-state index in [1.54, 1.807) is 6.07 Å². The van der Waals surface area contributed by atoms with Crippen molar-refractivity contribution in [3.8, 4) is 0 Å². The Bertz CT molecular complexity index is 588. The van der Waals surface area contributed by atoms with Gasteiger partial charge in [0.05, 0.1) is 6.04 Å². The SMILES string of the molecule is CCNC(c1cc(C)nc(C)c1)c1cc(C)ccc1F. The lowest BCUT2D eigenvalue weighted by Crippen LogP contribution is -2.23. The Labute approximate surface area is 120 Å². The Balaban J connectivity index is 2.52. The largest absolute Gasteiger partial charge is 0.306 e. The molecule has 0 spiro atoms. The molecule has 106 valence electrons. The van der Waals surface area contributed by atoms with Crippen LogP contribution in [-0.4, -0.2) is 11.5 Å². The molecular weight excluding hydrogens is 251 g/mol. The molecule has 0 amide bonds. The molecular formula is C17H21FN2. The summed E-state index contributed by atoms with van der Waals surface area (Å²) in [6, 6.07) is 9.14. The number of rotatable bonds is 4. The molecule has 2 nitrogen and oxygen atoms in total. The quantitative estimate of drug-likeness (QED) is 0.914. The van der Waals surface area contributed by atoms with Gasteiger partial charge in [0.1, 0.15) is 5.82 Å². The van der Waals surface area contributed by atoms with E-state index in [1.807, 2.05) is 45.9 Å². The van der Waals surface area contributed by atoms with E-state index in [1.165, 1.54) is 6.07 Å². The Morgan fingerprint density at radius 2 is 1.75 bits per heavy atom. The first kappa shape index (κ1) is 14.7. The molecule has 1 aromatic carbocycles. The number of halogens is 1. The Morgan fingerprint density at radius 3 is 2.35 bits per heavy atom. The molecule has 1 heterocycles. The molecule has 0 radical (unpaired) electrons. The maximum Gasteiger partial charge on any atom is 0.128 e. The fourth-order valence-electron chi connectivity index (χ4n) is 2.53. The first-order valence-corrected chi connectivity index (χ1v) is 6.96. The average molecular weight is 272 g/mol. The zero-order valence-electron chi connectivity index (χ0n) is 12.5. The van der Waals surface area contributed by atoms with Crippen molar-refractivity contribution < 1.29 is 4.39 Å². The van der Waals surface area contributed by atoms with Crippen LogP contribution in [0.5, 0.6) is 0 Å². The maximum absolute atomic E-state index is 14.2. The molecule has 1 unspecified atom stereocenters. The molecule has 0 fully saturated rings. The molecule has 2 rings (SSSR count). The van der Waals surface area contributed by atoms with Crippen LogP contribution in [0.4, 0.5) is 4.39 Å². The molecule has 2 aromatic rings. The normalized spacial score (nSPS) is 12.4. The fraction of sp³-hybridized carbons (Fsp3) is 0.353. The Morgan fingerprint density at radius 1 is 1.10 bits per heavy atom. The van der Waals surface area contributed by atoms with Crippen molar-refractivity contribution in [3.05, 3.63) is 64.2 Å². The zero-order valence-corrected chi connectivity index (χ0v) is 12.5. The highest BCUT2D eigenvalue weighted by Crippen LogP contribution is 2.26. The van der Waals surface area contributed by atoms with Crippen LogP contribution in [-0.2, 0) is 0 Å². The number of aromatic nitrogens is 1. The van der Waals surface area contributed by atoms with Crippen molar-refractivity contribution >= 4 is 0 Å². The van der Waals surface area contributed by atoms with Crippen LogP contribution in [0.1, 0.15) is 41.0 Å². The predicted molar refractivity (Wildman–Crippen MR) is 80.4 cm³/mol. The van der Waals surface area contributed by atoms with Gasteiger partial charge >= 0.3 is 0 Å². The van der Waals surface area contributed by atoms with Crippen LogP contribution in [0.3, 0.4) is 0 Å². The predicted octanol–water partition coefficient (Wildman–Crippen LogP) is 3.84. The summed E-state index contributed by atoms with van der Waals surface area (Å²) in [6.45, 7) is 8.72. The van der Waals surface area contributed by atoms with E-state index in [0.29, 0.717) is 5.56 Å². The van der Waals surface area contributed by atoms with E-state index in [9.17, 15) is 4.39 Å². The van der Waals surface area contributed by atoms with Gasteiger partial charge in [-0.05, 0) is 51.1 Å². The van der Waals surface area contributed by atoms with E-state index in [4.69, 9.17) is 0 Å². The minimum Gasteiger partial charge on any atom is -0.306 e. The summed E-state index contributed by atoms with van der Waals surface area (Å²) in [5, 5.41) is 3.37.